The van der Waals surface area contributed by atoms with Gasteiger partial charge in [-0.2, -0.15) is 0 Å². The van der Waals surface area contributed by atoms with Crippen molar-refractivity contribution in [3.8, 4) is 5.75 Å². The summed E-state index contributed by atoms with van der Waals surface area (Å²) in [5.74, 6) is 1.03. The van der Waals surface area contributed by atoms with Crippen molar-refractivity contribution in [2.45, 2.75) is 27.2 Å². The lowest BCUT2D eigenvalue weighted by Crippen LogP contribution is -2.03. The van der Waals surface area contributed by atoms with E-state index in [0.29, 0.717) is 13.0 Å². The summed E-state index contributed by atoms with van der Waals surface area (Å²) in [6.07, 6.45) is 0.455. The molecule has 0 unspecified atom stereocenters. The maximum Gasteiger partial charge on any atom is 0.134 e. The highest BCUT2D eigenvalue weighted by Crippen LogP contribution is 2.23. The van der Waals surface area contributed by atoms with Crippen LogP contribution in [0.15, 0.2) is 18.2 Å². The summed E-state index contributed by atoms with van der Waals surface area (Å²) >= 11 is 0. The van der Waals surface area contributed by atoms with Crippen LogP contribution in [0.5, 0.6) is 5.75 Å². The molecule has 1 aromatic rings. The van der Waals surface area contributed by atoms with E-state index in [9.17, 15) is 4.79 Å². The molecule has 14 heavy (non-hydrogen) atoms. The summed E-state index contributed by atoms with van der Waals surface area (Å²) in [4.78, 5) is 11.0. The summed E-state index contributed by atoms with van der Waals surface area (Å²) in [7, 11) is 0. The van der Waals surface area contributed by atoms with Crippen LogP contribution in [0.2, 0.25) is 0 Å². The largest absolute Gasteiger partial charge is 0.493 e. The lowest BCUT2D eigenvalue weighted by Gasteiger charge is -2.11. The van der Waals surface area contributed by atoms with Crippen LogP contribution in [0, 0.1) is 6.92 Å². The maximum atomic E-state index is 11.0. The highest BCUT2D eigenvalue weighted by molar-refractivity contribution is 5.79. The number of ketones is 1. The molecule has 0 saturated carbocycles. The standard InChI is InChI=1S/C12H16O2/c1-4-14-12-9(2)6-5-7-11(12)8-10(3)13/h5-7H,4,8H2,1-3H3. The van der Waals surface area contributed by atoms with Crippen molar-refractivity contribution < 1.29 is 9.53 Å². The average Bonchev–Trinajstić information content (AvgIpc) is 2.10. The Morgan fingerprint density at radius 2 is 2.14 bits per heavy atom. The van der Waals surface area contributed by atoms with E-state index in [-0.39, 0.29) is 5.78 Å². The molecule has 2 heteroatoms. The van der Waals surface area contributed by atoms with Gasteiger partial charge in [0.25, 0.3) is 0 Å². The molecule has 0 radical (unpaired) electrons. The van der Waals surface area contributed by atoms with Gasteiger partial charge in [0.05, 0.1) is 6.61 Å². The Balaban J connectivity index is 3.01. The summed E-state index contributed by atoms with van der Waals surface area (Å²) in [6, 6.07) is 5.89. The number of Topliss-reactive ketones (excluding diaryl/α,β-unsaturated/α-hetero) is 1. The number of benzene rings is 1. The van der Waals surface area contributed by atoms with Crippen molar-refractivity contribution in [3.63, 3.8) is 0 Å². The van der Waals surface area contributed by atoms with E-state index in [2.05, 4.69) is 0 Å². The molecule has 0 aromatic heterocycles. The number of hydrogen-bond donors (Lipinski definition) is 0. The highest BCUT2D eigenvalue weighted by Gasteiger charge is 2.07. The maximum absolute atomic E-state index is 11.0. The fraction of sp³-hybridized carbons (Fsp3) is 0.417. The predicted octanol–water partition coefficient (Wildman–Crippen LogP) is 2.53. The van der Waals surface area contributed by atoms with Gasteiger partial charge in [0.1, 0.15) is 11.5 Å². The Kier molecular flexibility index (Phi) is 3.69. The molecule has 0 N–H and O–H groups in total. The first-order valence-electron chi connectivity index (χ1n) is 4.86. The van der Waals surface area contributed by atoms with Crippen molar-refractivity contribution >= 4 is 5.78 Å². The van der Waals surface area contributed by atoms with Crippen molar-refractivity contribution in [1.82, 2.24) is 0 Å². The van der Waals surface area contributed by atoms with Crippen LogP contribution in [0.1, 0.15) is 25.0 Å². The van der Waals surface area contributed by atoms with Gasteiger partial charge in [-0.15, -0.1) is 0 Å². The third kappa shape index (κ3) is 2.59. The molecule has 0 fully saturated rings. The van der Waals surface area contributed by atoms with Crippen LogP contribution >= 0.6 is 0 Å². The lowest BCUT2D eigenvalue weighted by molar-refractivity contribution is -0.116. The minimum Gasteiger partial charge on any atom is -0.493 e. The van der Waals surface area contributed by atoms with Gasteiger partial charge in [-0.3, -0.25) is 4.79 Å². The SMILES string of the molecule is CCOc1c(C)cccc1CC(C)=O. The molecule has 0 aliphatic carbocycles. The number of ether oxygens (including phenoxy) is 1. The average molecular weight is 192 g/mol. The minimum atomic E-state index is 0.163. The molecule has 1 aromatic carbocycles. The van der Waals surface area contributed by atoms with E-state index >= 15 is 0 Å². The van der Waals surface area contributed by atoms with E-state index < -0.39 is 0 Å². The van der Waals surface area contributed by atoms with E-state index in [0.717, 1.165) is 16.9 Å². The van der Waals surface area contributed by atoms with Gasteiger partial charge in [0.2, 0.25) is 0 Å². The topological polar surface area (TPSA) is 26.3 Å². The second-order valence-electron chi connectivity index (χ2n) is 3.37. The molecule has 0 bridgehead atoms. The van der Waals surface area contributed by atoms with Gasteiger partial charge in [-0.1, -0.05) is 18.2 Å². The Labute approximate surface area is 84.9 Å². The molecular formula is C12H16O2. The zero-order valence-corrected chi connectivity index (χ0v) is 8.96. The van der Waals surface area contributed by atoms with Crippen LogP contribution in [-0.2, 0) is 11.2 Å². The zero-order chi connectivity index (χ0) is 10.6. The van der Waals surface area contributed by atoms with E-state index in [1.165, 1.54) is 0 Å². The zero-order valence-electron chi connectivity index (χ0n) is 8.96. The molecule has 1 rings (SSSR count). The lowest BCUT2D eigenvalue weighted by atomic mass is 10.1. The van der Waals surface area contributed by atoms with Gasteiger partial charge >= 0.3 is 0 Å². The van der Waals surface area contributed by atoms with Crippen LogP contribution in [0.25, 0.3) is 0 Å². The molecular weight excluding hydrogens is 176 g/mol. The van der Waals surface area contributed by atoms with Crippen LogP contribution in [-0.4, -0.2) is 12.4 Å². The van der Waals surface area contributed by atoms with Gasteiger partial charge < -0.3 is 4.74 Å². The molecule has 0 spiro atoms. The fourth-order valence-corrected chi connectivity index (χ4v) is 1.47. The van der Waals surface area contributed by atoms with Gasteiger partial charge in [-0.05, 0) is 26.3 Å². The van der Waals surface area contributed by atoms with E-state index in [1.54, 1.807) is 6.92 Å². The van der Waals surface area contributed by atoms with Crippen molar-refractivity contribution in [2.24, 2.45) is 0 Å². The van der Waals surface area contributed by atoms with E-state index in [4.69, 9.17) is 4.74 Å². The van der Waals surface area contributed by atoms with Crippen LogP contribution in [0.4, 0.5) is 0 Å². The Morgan fingerprint density at radius 1 is 1.43 bits per heavy atom. The number of carbonyl (C=O) groups excluding carboxylic acids is 1. The number of rotatable bonds is 4. The summed E-state index contributed by atoms with van der Waals surface area (Å²) < 4.78 is 5.52. The summed E-state index contributed by atoms with van der Waals surface area (Å²) in [6.45, 7) is 6.17. The molecule has 0 atom stereocenters. The molecule has 0 aliphatic heterocycles. The first-order valence-corrected chi connectivity index (χ1v) is 4.86. The van der Waals surface area contributed by atoms with Crippen molar-refractivity contribution in [3.05, 3.63) is 29.3 Å². The second-order valence-corrected chi connectivity index (χ2v) is 3.37. The first kappa shape index (κ1) is 10.8. The smallest absolute Gasteiger partial charge is 0.134 e. The third-order valence-corrected chi connectivity index (χ3v) is 2.02. The molecule has 0 saturated heterocycles. The number of aryl methyl sites for hydroxylation is 1. The van der Waals surface area contributed by atoms with Gasteiger partial charge in [-0.25, -0.2) is 0 Å². The Bertz CT molecular complexity index is 329. The van der Waals surface area contributed by atoms with Crippen LogP contribution in [0.3, 0.4) is 0 Å². The quantitative estimate of drug-likeness (QED) is 0.732. The normalized spacial score (nSPS) is 9.93. The van der Waals surface area contributed by atoms with Crippen molar-refractivity contribution in [2.75, 3.05) is 6.61 Å². The molecule has 2 nitrogen and oxygen atoms in total. The summed E-state index contributed by atoms with van der Waals surface area (Å²) in [5, 5.41) is 0. The van der Waals surface area contributed by atoms with Crippen LogP contribution < -0.4 is 4.74 Å². The predicted molar refractivity (Wildman–Crippen MR) is 56.7 cm³/mol. The Morgan fingerprint density at radius 3 is 2.71 bits per heavy atom. The second kappa shape index (κ2) is 4.80. The molecule has 0 amide bonds. The number of carbonyl (C=O) groups is 1. The molecule has 0 heterocycles. The van der Waals surface area contributed by atoms with Gasteiger partial charge in [0, 0.05) is 12.0 Å². The summed E-state index contributed by atoms with van der Waals surface area (Å²) in [5.41, 5.74) is 2.07. The van der Waals surface area contributed by atoms with Gasteiger partial charge in [0.15, 0.2) is 0 Å². The highest BCUT2D eigenvalue weighted by atomic mass is 16.5. The number of hydrogen-bond acceptors (Lipinski definition) is 2. The van der Waals surface area contributed by atoms with Crippen molar-refractivity contribution in [1.29, 1.82) is 0 Å². The third-order valence-electron chi connectivity index (χ3n) is 2.02. The minimum absolute atomic E-state index is 0.163. The van der Waals surface area contributed by atoms with E-state index in [1.807, 2.05) is 32.0 Å². The number of para-hydroxylation sites is 1. The Hall–Kier alpha value is -1.31. The fourth-order valence-electron chi connectivity index (χ4n) is 1.47. The molecule has 76 valence electrons. The molecule has 0 aliphatic rings. The first-order chi connectivity index (χ1) is 6.65. The monoisotopic (exact) mass is 192 g/mol.